The third-order valence-electron chi connectivity index (χ3n) is 2.38. The molecule has 0 spiro atoms. The van der Waals surface area contributed by atoms with Crippen LogP contribution in [0, 0.1) is 0 Å². The summed E-state index contributed by atoms with van der Waals surface area (Å²) in [6, 6.07) is 9.74. The summed E-state index contributed by atoms with van der Waals surface area (Å²) < 4.78 is 38.6. The zero-order valence-electron chi connectivity index (χ0n) is 9.61. The zero-order valence-corrected chi connectivity index (χ0v) is 10.4. The Morgan fingerprint density at radius 3 is 2.21 bits per heavy atom. The second kappa shape index (κ2) is 5.05. The van der Waals surface area contributed by atoms with Crippen molar-refractivity contribution in [2.45, 2.75) is 16.0 Å². The lowest BCUT2D eigenvalue weighted by atomic mass is 10.2. The maximum atomic E-state index is 12.9. The number of phenols is 1. The van der Waals surface area contributed by atoms with Crippen LogP contribution in [-0.2, 0) is 6.18 Å². The van der Waals surface area contributed by atoms with Gasteiger partial charge in [0.25, 0.3) is 0 Å². The summed E-state index contributed by atoms with van der Waals surface area (Å²) in [5, 5.41) is 9.18. The molecular formula is C13H10F3NOS. The minimum Gasteiger partial charge on any atom is -0.508 e. The Kier molecular flexibility index (Phi) is 3.61. The van der Waals surface area contributed by atoms with Crippen molar-refractivity contribution in [3.63, 3.8) is 0 Å². The minimum absolute atomic E-state index is 0.0371. The summed E-state index contributed by atoms with van der Waals surface area (Å²) in [6.07, 6.45) is -4.51. The molecule has 0 saturated heterocycles. The van der Waals surface area contributed by atoms with Gasteiger partial charge in [0.1, 0.15) is 5.75 Å². The Balaban J connectivity index is 2.37. The molecule has 0 aliphatic rings. The molecule has 0 aliphatic carbocycles. The van der Waals surface area contributed by atoms with Gasteiger partial charge in [0, 0.05) is 15.5 Å². The van der Waals surface area contributed by atoms with E-state index < -0.39 is 17.5 Å². The van der Waals surface area contributed by atoms with Crippen LogP contribution in [0.15, 0.2) is 52.3 Å². The quantitative estimate of drug-likeness (QED) is 0.815. The van der Waals surface area contributed by atoms with Crippen LogP contribution < -0.4 is 5.73 Å². The van der Waals surface area contributed by atoms with Gasteiger partial charge in [-0.25, -0.2) is 0 Å². The first-order valence-corrected chi connectivity index (χ1v) is 6.11. The number of phenolic OH excluding ortho intramolecular Hbond substituents is 1. The molecule has 0 heterocycles. The first-order valence-electron chi connectivity index (χ1n) is 5.30. The van der Waals surface area contributed by atoms with Gasteiger partial charge in [0.15, 0.2) is 0 Å². The zero-order chi connectivity index (χ0) is 14.0. The molecule has 2 rings (SSSR count). The van der Waals surface area contributed by atoms with E-state index in [1.807, 2.05) is 0 Å². The molecule has 6 heteroatoms. The topological polar surface area (TPSA) is 46.2 Å². The van der Waals surface area contributed by atoms with Crippen molar-refractivity contribution in [3.8, 4) is 5.75 Å². The molecule has 0 aliphatic heterocycles. The summed E-state index contributed by atoms with van der Waals surface area (Å²) in [7, 11) is 0. The van der Waals surface area contributed by atoms with Crippen LogP contribution >= 0.6 is 11.8 Å². The normalized spacial score (nSPS) is 11.5. The minimum atomic E-state index is -4.51. The summed E-state index contributed by atoms with van der Waals surface area (Å²) in [5.41, 5.74) is 5.21. The summed E-state index contributed by atoms with van der Waals surface area (Å²) in [6.45, 7) is 0. The van der Waals surface area contributed by atoms with E-state index in [1.165, 1.54) is 12.1 Å². The number of hydrogen-bond donors (Lipinski definition) is 2. The van der Waals surface area contributed by atoms with Crippen molar-refractivity contribution in [1.82, 2.24) is 0 Å². The molecule has 0 radical (unpaired) electrons. The van der Waals surface area contributed by atoms with Gasteiger partial charge in [0.05, 0.1) is 5.56 Å². The molecule has 3 N–H and O–H groups in total. The van der Waals surface area contributed by atoms with Gasteiger partial charge in [-0.15, -0.1) is 0 Å². The molecule has 0 saturated carbocycles. The Hall–Kier alpha value is -1.82. The molecule has 0 bridgehead atoms. The standard InChI is InChI=1S/C13H10F3NOS/c14-13(15,16)11-7-9(18)3-6-12(11)19-10-4-1-8(17)2-5-10/h1-7,18H,17H2. The number of halogens is 3. The number of aromatic hydroxyl groups is 1. The van der Waals surface area contributed by atoms with Gasteiger partial charge in [-0.2, -0.15) is 13.2 Å². The van der Waals surface area contributed by atoms with E-state index >= 15 is 0 Å². The molecule has 2 aromatic rings. The van der Waals surface area contributed by atoms with E-state index in [1.54, 1.807) is 24.3 Å². The average Bonchev–Trinajstić information content (AvgIpc) is 2.33. The van der Waals surface area contributed by atoms with Crippen molar-refractivity contribution >= 4 is 17.4 Å². The fourth-order valence-electron chi connectivity index (χ4n) is 1.49. The Morgan fingerprint density at radius 2 is 1.63 bits per heavy atom. The highest BCUT2D eigenvalue weighted by Crippen LogP contribution is 2.41. The van der Waals surface area contributed by atoms with Crippen molar-refractivity contribution in [3.05, 3.63) is 48.0 Å². The highest BCUT2D eigenvalue weighted by Gasteiger charge is 2.34. The molecule has 0 atom stereocenters. The highest BCUT2D eigenvalue weighted by atomic mass is 32.2. The molecule has 2 nitrogen and oxygen atoms in total. The number of nitrogen functional groups attached to an aromatic ring is 1. The monoisotopic (exact) mass is 285 g/mol. The van der Waals surface area contributed by atoms with Gasteiger partial charge in [-0.3, -0.25) is 0 Å². The molecule has 100 valence electrons. The van der Waals surface area contributed by atoms with Crippen LogP contribution in [0.3, 0.4) is 0 Å². The average molecular weight is 285 g/mol. The summed E-state index contributed by atoms with van der Waals surface area (Å²) >= 11 is 0.972. The van der Waals surface area contributed by atoms with E-state index in [2.05, 4.69) is 0 Å². The van der Waals surface area contributed by atoms with Gasteiger partial charge >= 0.3 is 6.18 Å². The molecule has 0 amide bonds. The fraction of sp³-hybridized carbons (Fsp3) is 0.0769. The van der Waals surface area contributed by atoms with Crippen LogP contribution in [0.5, 0.6) is 5.75 Å². The van der Waals surface area contributed by atoms with Gasteiger partial charge in [0.2, 0.25) is 0 Å². The van der Waals surface area contributed by atoms with Crippen LogP contribution in [-0.4, -0.2) is 5.11 Å². The molecule has 0 fully saturated rings. The second-order valence-electron chi connectivity index (χ2n) is 3.85. The molecule has 0 unspecified atom stereocenters. The first-order chi connectivity index (χ1) is 8.86. The van der Waals surface area contributed by atoms with Crippen LogP contribution in [0.4, 0.5) is 18.9 Å². The maximum Gasteiger partial charge on any atom is 0.417 e. The predicted octanol–water partition coefficient (Wildman–Crippen LogP) is 4.14. The van der Waals surface area contributed by atoms with Crippen LogP contribution in [0.2, 0.25) is 0 Å². The van der Waals surface area contributed by atoms with Crippen molar-refractivity contribution in [2.75, 3.05) is 5.73 Å². The van der Waals surface area contributed by atoms with Crippen LogP contribution in [0.25, 0.3) is 0 Å². The lowest BCUT2D eigenvalue weighted by Crippen LogP contribution is -2.06. The Bertz CT molecular complexity index is 581. The van der Waals surface area contributed by atoms with E-state index in [0.717, 1.165) is 17.8 Å². The number of nitrogens with two attached hydrogens (primary N) is 1. The van der Waals surface area contributed by atoms with E-state index in [9.17, 15) is 18.3 Å². The third-order valence-corrected chi connectivity index (χ3v) is 3.46. The van der Waals surface area contributed by atoms with Gasteiger partial charge < -0.3 is 10.8 Å². The van der Waals surface area contributed by atoms with Crippen molar-refractivity contribution in [2.24, 2.45) is 0 Å². The summed E-state index contributed by atoms with van der Waals surface area (Å²) in [5.74, 6) is -0.408. The fourth-order valence-corrected chi connectivity index (χ4v) is 2.44. The molecular weight excluding hydrogens is 275 g/mol. The third kappa shape index (κ3) is 3.35. The predicted molar refractivity (Wildman–Crippen MR) is 68.1 cm³/mol. The number of alkyl halides is 3. The van der Waals surface area contributed by atoms with E-state index in [-0.39, 0.29) is 4.90 Å². The maximum absolute atomic E-state index is 12.9. The molecule has 2 aromatic carbocycles. The Morgan fingerprint density at radius 1 is 1.00 bits per heavy atom. The first kappa shape index (κ1) is 13.6. The smallest absolute Gasteiger partial charge is 0.417 e. The number of anilines is 1. The van der Waals surface area contributed by atoms with E-state index in [4.69, 9.17) is 5.73 Å². The van der Waals surface area contributed by atoms with Gasteiger partial charge in [-0.1, -0.05) is 11.8 Å². The van der Waals surface area contributed by atoms with E-state index in [0.29, 0.717) is 10.6 Å². The van der Waals surface area contributed by atoms with Crippen molar-refractivity contribution in [1.29, 1.82) is 0 Å². The Labute approximate surface area is 112 Å². The highest BCUT2D eigenvalue weighted by molar-refractivity contribution is 7.99. The molecule has 0 aromatic heterocycles. The number of benzene rings is 2. The van der Waals surface area contributed by atoms with Gasteiger partial charge in [-0.05, 0) is 42.5 Å². The lowest BCUT2D eigenvalue weighted by Gasteiger charge is -2.12. The largest absolute Gasteiger partial charge is 0.508 e. The van der Waals surface area contributed by atoms with Crippen molar-refractivity contribution < 1.29 is 18.3 Å². The number of rotatable bonds is 2. The van der Waals surface area contributed by atoms with Crippen LogP contribution in [0.1, 0.15) is 5.56 Å². The second-order valence-corrected chi connectivity index (χ2v) is 4.96. The summed E-state index contributed by atoms with van der Waals surface area (Å²) in [4.78, 5) is 0.681. The molecule has 19 heavy (non-hydrogen) atoms. The lowest BCUT2D eigenvalue weighted by molar-refractivity contribution is -0.139. The number of hydrogen-bond acceptors (Lipinski definition) is 3. The SMILES string of the molecule is Nc1ccc(Sc2ccc(O)cc2C(F)(F)F)cc1.